The molecule has 0 aliphatic carbocycles. The maximum atomic E-state index is 12.2. The molecule has 0 saturated carbocycles. The molecule has 23 heavy (non-hydrogen) atoms. The first kappa shape index (κ1) is 17.8. The molecule has 0 aromatic carbocycles. The SMILES string of the molecule is CCCCCC/C=C\CCCC(=O)C1=C(O)[C@@H]2CCCN2C1=O. The Bertz CT molecular complexity index is 493. The molecule has 1 saturated heterocycles. The largest absolute Gasteiger partial charge is 0.509 e. The Labute approximate surface area is 139 Å². The number of amides is 1. The number of allylic oxidation sites excluding steroid dienone is 2. The Morgan fingerprint density at radius 2 is 1.96 bits per heavy atom. The van der Waals surface area contributed by atoms with Crippen LogP contribution in [0.2, 0.25) is 0 Å². The number of carbonyl (C=O) groups excluding carboxylic acids is 2. The van der Waals surface area contributed by atoms with Crippen molar-refractivity contribution in [2.45, 2.75) is 77.2 Å². The summed E-state index contributed by atoms with van der Waals surface area (Å²) in [4.78, 5) is 26.0. The van der Waals surface area contributed by atoms with Gasteiger partial charge in [0.2, 0.25) is 0 Å². The normalized spacial score (nSPS) is 20.8. The second kappa shape index (κ2) is 8.90. The molecule has 128 valence electrons. The average Bonchev–Trinajstić information content (AvgIpc) is 3.10. The standard InChI is InChI=1S/C19H29NO3/c1-2-3-4-5-6-7-8-9-10-13-16(21)17-18(22)15-12-11-14-20(15)19(17)23/h7-8,15,22H,2-6,9-14H2,1H3/b8-7-/t15-/m0/s1. The van der Waals surface area contributed by atoms with Gasteiger partial charge in [-0.1, -0.05) is 38.3 Å². The molecule has 1 N–H and O–H groups in total. The number of Topliss-reactive ketones (excluding diaryl/α,β-unsaturated/α-hetero) is 1. The third-order valence-electron chi connectivity index (χ3n) is 4.74. The first-order valence-electron chi connectivity index (χ1n) is 9.09. The summed E-state index contributed by atoms with van der Waals surface area (Å²) >= 11 is 0. The van der Waals surface area contributed by atoms with E-state index in [0.717, 1.165) is 32.1 Å². The molecule has 1 amide bonds. The smallest absolute Gasteiger partial charge is 0.261 e. The van der Waals surface area contributed by atoms with Gasteiger partial charge in [-0.25, -0.2) is 0 Å². The van der Waals surface area contributed by atoms with Crippen LogP contribution in [0.25, 0.3) is 0 Å². The van der Waals surface area contributed by atoms with Crippen molar-refractivity contribution in [3.63, 3.8) is 0 Å². The lowest BCUT2D eigenvalue weighted by molar-refractivity contribution is -0.128. The third-order valence-corrected chi connectivity index (χ3v) is 4.74. The molecule has 0 spiro atoms. The molecule has 4 nitrogen and oxygen atoms in total. The second-order valence-electron chi connectivity index (χ2n) is 6.55. The van der Waals surface area contributed by atoms with E-state index in [-0.39, 0.29) is 29.1 Å². The zero-order valence-electron chi connectivity index (χ0n) is 14.2. The Kier molecular flexibility index (Phi) is 6.87. The quantitative estimate of drug-likeness (QED) is 0.375. The predicted molar refractivity (Wildman–Crippen MR) is 91.1 cm³/mol. The molecule has 0 unspecified atom stereocenters. The summed E-state index contributed by atoms with van der Waals surface area (Å²) < 4.78 is 0. The number of hydrogen-bond acceptors (Lipinski definition) is 3. The Hall–Kier alpha value is -1.58. The van der Waals surface area contributed by atoms with Crippen molar-refractivity contribution < 1.29 is 14.7 Å². The fourth-order valence-corrected chi connectivity index (χ4v) is 3.41. The van der Waals surface area contributed by atoms with Crippen molar-refractivity contribution in [1.82, 2.24) is 4.90 Å². The van der Waals surface area contributed by atoms with Gasteiger partial charge in [-0.3, -0.25) is 9.59 Å². The highest BCUT2D eigenvalue weighted by Crippen LogP contribution is 2.33. The molecule has 4 heteroatoms. The van der Waals surface area contributed by atoms with Gasteiger partial charge in [0, 0.05) is 13.0 Å². The van der Waals surface area contributed by atoms with Gasteiger partial charge in [-0.05, 0) is 38.5 Å². The minimum atomic E-state index is -0.263. The summed E-state index contributed by atoms with van der Waals surface area (Å²) in [6.45, 7) is 2.87. The lowest BCUT2D eigenvalue weighted by atomic mass is 10.0. The van der Waals surface area contributed by atoms with E-state index >= 15 is 0 Å². The van der Waals surface area contributed by atoms with Crippen LogP contribution in [0.5, 0.6) is 0 Å². The van der Waals surface area contributed by atoms with Crippen molar-refractivity contribution in [2.24, 2.45) is 0 Å². The van der Waals surface area contributed by atoms with Gasteiger partial charge in [0.15, 0.2) is 5.78 Å². The van der Waals surface area contributed by atoms with Crippen LogP contribution in [-0.4, -0.2) is 34.3 Å². The van der Waals surface area contributed by atoms with Crippen LogP contribution in [0, 0.1) is 0 Å². The van der Waals surface area contributed by atoms with E-state index in [9.17, 15) is 14.7 Å². The predicted octanol–water partition coefficient (Wildman–Crippen LogP) is 4.07. The van der Waals surface area contributed by atoms with Gasteiger partial charge < -0.3 is 10.0 Å². The van der Waals surface area contributed by atoms with Crippen LogP contribution >= 0.6 is 0 Å². The number of rotatable bonds is 10. The minimum absolute atomic E-state index is 0.0176. The summed E-state index contributed by atoms with van der Waals surface area (Å²) in [6.07, 6.45) is 14.1. The molecule has 0 aromatic rings. The van der Waals surface area contributed by atoms with E-state index in [4.69, 9.17) is 0 Å². The van der Waals surface area contributed by atoms with E-state index in [0.29, 0.717) is 13.0 Å². The van der Waals surface area contributed by atoms with Crippen LogP contribution in [0.3, 0.4) is 0 Å². The Morgan fingerprint density at radius 3 is 2.65 bits per heavy atom. The maximum absolute atomic E-state index is 12.2. The fraction of sp³-hybridized carbons (Fsp3) is 0.684. The summed E-state index contributed by atoms with van der Waals surface area (Å²) in [5, 5.41) is 10.1. The zero-order valence-corrected chi connectivity index (χ0v) is 14.2. The monoisotopic (exact) mass is 319 g/mol. The number of fused-ring (bicyclic) bond motifs is 1. The number of unbranched alkanes of at least 4 members (excludes halogenated alkanes) is 5. The van der Waals surface area contributed by atoms with E-state index < -0.39 is 0 Å². The lowest BCUT2D eigenvalue weighted by Gasteiger charge is -2.14. The molecule has 2 aliphatic rings. The van der Waals surface area contributed by atoms with Gasteiger partial charge >= 0.3 is 0 Å². The topological polar surface area (TPSA) is 57.6 Å². The van der Waals surface area contributed by atoms with E-state index in [2.05, 4.69) is 19.1 Å². The van der Waals surface area contributed by atoms with Gasteiger partial charge in [0.25, 0.3) is 5.91 Å². The summed E-state index contributed by atoms with van der Waals surface area (Å²) in [5.74, 6) is -0.441. The van der Waals surface area contributed by atoms with Gasteiger partial charge in [-0.2, -0.15) is 0 Å². The minimum Gasteiger partial charge on any atom is -0.509 e. The maximum Gasteiger partial charge on any atom is 0.261 e. The number of hydrogen-bond donors (Lipinski definition) is 1. The summed E-state index contributed by atoms with van der Waals surface area (Å²) in [5.41, 5.74) is 0.0539. The second-order valence-corrected chi connectivity index (χ2v) is 6.55. The lowest BCUT2D eigenvalue weighted by Crippen LogP contribution is -2.30. The van der Waals surface area contributed by atoms with Crippen LogP contribution in [0.15, 0.2) is 23.5 Å². The van der Waals surface area contributed by atoms with Crippen LogP contribution in [-0.2, 0) is 9.59 Å². The van der Waals surface area contributed by atoms with Crippen molar-refractivity contribution in [3.8, 4) is 0 Å². The molecule has 0 radical (unpaired) electrons. The van der Waals surface area contributed by atoms with Crippen LogP contribution in [0.1, 0.15) is 71.1 Å². The van der Waals surface area contributed by atoms with Crippen molar-refractivity contribution in [3.05, 3.63) is 23.5 Å². The van der Waals surface area contributed by atoms with Crippen LogP contribution < -0.4 is 0 Å². The van der Waals surface area contributed by atoms with E-state index in [1.165, 1.54) is 25.7 Å². The average molecular weight is 319 g/mol. The molecular formula is C19H29NO3. The first-order valence-corrected chi connectivity index (χ1v) is 9.09. The van der Waals surface area contributed by atoms with Gasteiger partial charge in [-0.15, -0.1) is 0 Å². The number of aliphatic hydroxyl groups excluding tert-OH is 1. The molecule has 2 heterocycles. The fourth-order valence-electron chi connectivity index (χ4n) is 3.41. The summed E-state index contributed by atoms with van der Waals surface area (Å²) in [6, 6.07) is -0.232. The molecule has 2 rings (SSSR count). The Morgan fingerprint density at radius 1 is 1.22 bits per heavy atom. The molecule has 1 atom stereocenters. The van der Waals surface area contributed by atoms with Gasteiger partial charge in [0.05, 0.1) is 6.04 Å². The molecule has 0 aromatic heterocycles. The van der Waals surface area contributed by atoms with Crippen molar-refractivity contribution >= 4 is 11.7 Å². The molecule has 1 fully saturated rings. The number of ketones is 1. The number of carbonyl (C=O) groups is 2. The highest BCUT2D eigenvalue weighted by Gasteiger charge is 2.44. The highest BCUT2D eigenvalue weighted by molar-refractivity contribution is 6.21. The Balaban J connectivity index is 1.68. The van der Waals surface area contributed by atoms with Crippen molar-refractivity contribution in [2.75, 3.05) is 6.54 Å². The highest BCUT2D eigenvalue weighted by atomic mass is 16.3. The van der Waals surface area contributed by atoms with Gasteiger partial charge in [0.1, 0.15) is 11.3 Å². The zero-order chi connectivity index (χ0) is 16.7. The summed E-state index contributed by atoms with van der Waals surface area (Å²) in [7, 11) is 0. The molecule has 2 aliphatic heterocycles. The van der Waals surface area contributed by atoms with Crippen molar-refractivity contribution in [1.29, 1.82) is 0 Å². The molecular weight excluding hydrogens is 290 g/mol. The first-order chi connectivity index (χ1) is 11.2. The third kappa shape index (κ3) is 4.46. The molecule has 0 bridgehead atoms. The number of nitrogens with zero attached hydrogens (tertiary/aromatic N) is 1. The van der Waals surface area contributed by atoms with Crippen LogP contribution in [0.4, 0.5) is 0 Å². The number of aliphatic hydroxyl groups is 1. The van der Waals surface area contributed by atoms with E-state index in [1.54, 1.807) is 4.90 Å². The van der Waals surface area contributed by atoms with E-state index in [1.807, 2.05) is 0 Å².